The molecule has 0 bridgehead atoms. The molecule has 1 aromatic heterocycles. The lowest BCUT2D eigenvalue weighted by atomic mass is 9.33. The smallest absolute Gasteiger partial charge is 0.309 e. The largest absolute Gasteiger partial charge is 0.481 e. The number of aromatic nitrogens is 2. The Balaban J connectivity index is 1.29. The minimum Gasteiger partial charge on any atom is -0.481 e. The Hall–Kier alpha value is -3.04. The second-order valence-electron chi connectivity index (χ2n) is 19.5. The molecule has 10 nitrogen and oxygen atoms in total. The van der Waals surface area contributed by atoms with Crippen molar-refractivity contribution >= 4 is 23.6 Å². The molecule has 51 heavy (non-hydrogen) atoms. The summed E-state index contributed by atoms with van der Waals surface area (Å²) in [4.78, 5) is 52.5. The maximum atomic E-state index is 13.9. The van der Waals surface area contributed by atoms with E-state index in [0.29, 0.717) is 24.1 Å². The second-order valence-corrected chi connectivity index (χ2v) is 19.5. The molecule has 4 fully saturated rings. The highest BCUT2D eigenvalue weighted by Crippen LogP contribution is 2.76. The number of nitrogens with one attached hydrogen (secondary N) is 1. The summed E-state index contributed by atoms with van der Waals surface area (Å²) in [5, 5.41) is 21.1. The minimum absolute atomic E-state index is 0.00181. The number of allylic oxidation sites excluding steroid dienone is 1. The number of carboxylic acids is 1. The predicted molar refractivity (Wildman–Crippen MR) is 191 cm³/mol. The molecule has 0 aliphatic heterocycles. The zero-order chi connectivity index (χ0) is 37.7. The van der Waals surface area contributed by atoms with Gasteiger partial charge in [-0.05, 0) is 116 Å². The summed E-state index contributed by atoms with van der Waals surface area (Å²) >= 11 is 0. The van der Waals surface area contributed by atoms with Crippen molar-refractivity contribution in [1.82, 2.24) is 15.5 Å². The SMILES string of the molecule is CC(C)C1=C2C3CCC4[C@@]5(C)CC[C@H](OC(=O)CC(C)(C)C(=O)O)C(C)(C)C5CC[C@@]4(C)[C@]3(C)CC[C@@]2(NC(=O)c2nnc(C(C)C)o2)CC1=O. The van der Waals surface area contributed by atoms with Crippen LogP contribution in [0.3, 0.4) is 0 Å². The van der Waals surface area contributed by atoms with Crippen LogP contribution in [0.25, 0.3) is 0 Å². The first-order valence-electron chi connectivity index (χ1n) is 19.4. The molecule has 5 aliphatic rings. The molecule has 10 heteroatoms. The Bertz CT molecular complexity index is 1650. The van der Waals surface area contributed by atoms with E-state index in [0.717, 1.165) is 56.1 Å². The number of ketones is 1. The van der Waals surface area contributed by atoms with Crippen molar-refractivity contribution < 1.29 is 33.4 Å². The van der Waals surface area contributed by atoms with Crippen LogP contribution in [-0.2, 0) is 19.1 Å². The monoisotopic (exact) mass is 707 g/mol. The van der Waals surface area contributed by atoms with Crippen molar-refractivity contribution in [1.29, 1.82) is 0 Å². The molecule has 2 N–H and O–H groups in total. The molecule has 1 heterocycles. The quantitative estimate of drug-likeness (QED) is 0.256. The molecule has 0 aromatic carbocycles. The number of rotatable bonds is 8. The van der Waals surface area contributed by atoms with Gasteiger partial charge in [0.2, 0.25) is 5.89 Å². The first kappa shape index (κ1) is 37.7. The fourth-order valence-corrected chi connectivity index (χ4v) is 12.4. The molecule has 6 rings (SSSR count). The molecule has 0 spiro atoms. The van der Waals surface area contributed by atoms with Crippen molar-refractivity contribution in [2.75, 3.05) is 0 Å². The van der Waals surface area contributed by atoms with Crippen molar-refractivity contribution in [2.45, 2.75) is 158 Å². The molecular formula is C41H61N3O7. The van der Waals surface area contributed by atoms with Gasteiger partial charge in [0.05, 0.1) is 17.4 Å². The fraction of sp³-hybridized carbons (Fsp3) is 0.805. The lowest BCUT2D eigenvalue weighted by molar-refractivity contribution is -0.232. The van der Waals surface area contributed by atoms with E-state index in [1.54, 1.807) is 13.8 Å². The molecule has 0 saturated heterocycles. The lowest BCUT2D eigenvalue weighted by Crippen LogP contribution is -2.67. The summed E-state index contributed by atoms with van der Waals surface area (Å²) in [6.07, 6.45) is 7.20. The molecule has 8 atom stereocenters. The van der Waals surface area contributed by atoms with E-state index in [1.807, 2.05) is 13.8 Å². The fourth-order valence-electron chi connectivity index (χ4n) is 12.4. The molecule has 282 valence electrons. The van der Waals surface area contributed by atoms with Crippen molar-refractivity contribution in [3.63, 3.8) is 0 Å². The number of carbonyl (C=O) groups is 4. The number of carbonyl (C=O) groups excluding carboxylic acids is 3. The predicted octanol–water partition coefficient (Wildman–Crippen LogP) is 8.07. The van der Waals surface area contributed by atoms with Crippen LogP contribution in [0.15, 0.2) is 15.6 Å². The van der Waals surface area contributed by atoms with Gasteiger partial charge in [-0.1, -0.05) is 62.3 Å². The van der Waals surface area contributed by atoms with Gasteiger partial charge in [0, 0.05) is 17.8 Å². The summed E-state index contributed by atoms with van der Waals surface area (Å²) < 4.78 is 11.9. The summed E-state index contributed by atoms with van der Waals surface area (Å²) in [6.45, 7) is 23.2. The summed E-state index contributed by atoms with van der Waals surface area (Å²) in [6, 6.07) is 0. The highest BCUT2D eigenvalue weighted by Gasteiger charge is 2.70. The van der Waals surface area contributed by atoms with E-state index in [4.69, 9.17) is 9.15 Å². The summed E-state index contributed by atoms with van der Waals surface area (Å²) in [5.41, 5.74) is -0.194. The summed E-state index contributed by atoms with van der Waals surface area (Å²) in [5.74, 6) is -0.344. The number of carboxylic acid groups (broad SMARTS) is 1. The molecule has 3 unspecified atom stereocenters. The number of hydrogen-bond acceptors (Lipinski definition) is 8. The Morgan fingerprint density at radius 3 is 2.20 bits per heavy atom. The third kappa shape index (κ3) is 5.62. The van der Waals surface area contributed by atoms with Crippen LogP contribution in [0.4, 0.5) is 0 Å². The summed E-state index contributed by atoms with van der Waals surface area (Å²) in [7, 11) is 0. The number of nitrogens with zero attached hydrogens (tertiary/aromatic N) is 2. The average molecular weight is 708 g/mol. The van der Waals surface area contributed by atoms with E-state index in [9.17, 15) is 24.3 Å². The number of aliphatic carboxylic acids is 1. The van der Waals surface area contributed by atoms with Crippen LogP contribution in [-0.4, -0.2) is 50.6 Å². The van der Waals surface area contributed by atoms with E-state index < -0.39 is 28.8 Å². The highest BCUT2D eigenvalue weighted by molar-refractivity contribution is 6.03. The lowest BCUT2D eigenvalue weighted by Gasteiger charge is -2.72. The van der Waals surface area contributed by atoms with Gasteiger partial charge in [-0.2, -0.15) is 0 Å². The zero-order valence-corrected chi connectivity index (χ0v) is 32.8. The average Bonchev–Trinajstić information content (AvgIpc) is 3.62. The molecule has 0 radical (unpaired) electrons. The van der Waals surface area contributed by atoms with Crippen molar-refractivity contribution in [2.24, 2.45) is 50.7 Å². The topological polar surface area (TPSA) is 149 Å². The molecule has 1 aromatic rings. The third-order valence-corrected chi connectivity index (χ3v) is 15.3. The molecule has 1 amide bonds. The maximum Gasteiger partial charge on any atom is 0.309 e. The zero-order valence-electron chi connectivity index (χ0n) is 32.8. The van der Waals surface area contributed by atoms with E-state index in [-0.39, 0.29) is 70.0 Å². The Morgan fingerprint density at radius 2 is 1.59 bits per heavy atom. The van der Waals surface area contributed by atoms with E-state index in [2.05, 4.69) is 64.0 Å². The molecular weight excluding hydrogens is 646 g/mol. The third-order valence-electron chi connectivity index (χ3n) is 15.3. The van der Waals surface area contributed by atoms with Crippen LogP contribution < -0.4 is 5.32 Å². The normalized spacial score (nSPS) is 37.4. The number of Topliss-reactive ketones (excluding diaryl/α,β-unsaturated/α-hetero) is 1. The van der Waals surface area contributed by atoms with Gasteiger partial charge in [-0.3, -0.25) is 19.2 Å². The first-order valence-corrected chi connectivity index (χ1v) is 19.4. The Labute approximate surface area is 303 Å². The van der Waals surface area contributed by atoms with Crippen molar-refractivity contribution in [3.8, 4) is 0 Å². The van der Waals surface area contributed by atoms with Crippen LogP contribution in [0.2, 0.25) is 0 Å². The van der Waals surface area contributed by atoms with Gasteiger partial charge in [0.25, 0.3) is 0 Å². The maximum absolute atomic E-state index is 13.9. The first-order chi connectivity index (χ1) is 23.5. The second kappa shape index (κ2) is 12.3. The van der Waals surface area contributed by atoms with Crippen LogP contribution in [0.1, 0.15) is 163 Å². The standard InChI is InChI=1S/C41H61N3O7/c1-22(2)30-25(45)20-41(42-32(47)34-44-43-33(51-34)23(3)4)19-18-39(10)24(31(30)41)12-13-27-38(9)16-15-28(50-29(46)21-36(5,6)35(48)49)37(7,8)26(38)14-17-40(27,39)11/h22-24,26-28H,12-21H2,1-11H3,(H,42,47)(H,48,49)/t24?,26?,27?,28-,38-,39+,40+,41+/m0/s1. The van der Waals surface area contributed by atoms with E-state index >= 15 is 0 Å². The van der Waals surface area contributed by atoms with Gasteiger partial charge in [-0.15, -0.1) is 10.2 Å². The van der Waals surface area contributed by atoms with Gasteiger partial charge >= 0.3 is 23.7 Å². The van der Waals surface area contributed by atoms with Gasteiger partial charge in [0.1, 0.15) is 6.10 Å². The van der Waals surface area contributed by atoms with Gasteiger partial charge < -0.3 is 19.6 Å². The number of fused-ring (bicyclic) bond motifs is 7. The van der Waals surface area contributed by atoms with Gasteiger partial charge in [0.15, 0.2) is 5.78 Å². The van der Waals surface area contributed by atoms with E-state index in [1.165, 1.54) is 0 Å². The Morgan fingerprint density at radius 1 is 0.902 bits per heavy atom. The number of hydrogen-bond donors (Lipinski definition) is 2. The molecule has 5 aliphatic carbocycles. The number of amides is 1. The number of esters is 1. The van der Waals surface area contributed by atoms with Crippen LogP contribution >= 0.6 is 0 Å². The Kier molecular flexibility index (Phi) is 9.06. The highest BCUT2D eigenvalue weighted by atomic mass is 16.5. The minimum atomic E-state index is -1.18. The van der Waals surface area contributed by atoms with Crippen LogP contribution in [0, 0.1) is 50.7 Å². The molecule has 4 saturated carbocycles. The van der Waals surface area contributed by atoms with Crippen molar-refractivity contribution in [3.05, 3.63) is 22.9 Å². The number of ether oxygens (including phenoxy) is 1. The van der Waals surface area contributed by atoms with Crippen LogP contribution in [0.5, 0.6) is 0 Å². The van der Waals surface area contributed by atoms with Gasteiger partial charge in [-0.25, -0.2) is 0 Å².